The Hall–Kier alpha value is -0.820. The highest BCUT2D eigenvalue weighted by Gasteiger charge is 2.00. The maximum Gasteiger partial charge on any atom is 0.0230 e. The molecule has 0 aliphatic heterocycles. The largest absolute Gasteiger partial charge is 0.302 e. The lowest BCUT2D eigenvalue weighted by atomic mass is 10.1. The van der Waals surface area contributed by atoms with E-state index < -0.39 is 0 Å². The van der Waals surface area contributed by atoms with Crippen molar-refractivity contribution in [3.05, 3.63) is 35.5 Å². The first-order chi connectivity index (χ1) is 6.51. The minimum atomic E-state index is 1.02. The van der Waals surface area contributed by atoms with Crippen LogP contribution in [0.5, 0.6) is 0 Å². The Morgan fingerprint density at radius 1 is 1.29 bits per heavy atom. The van der Waals surface area contributed by atoms with Gasteiger partial charge in [-0.15, -0.1) is 0 Å². The Labute approximate surface area is 88.8 Å². The molecule has 0 fully saturated rings. The van der Waals surface area contributed by atoms with Gasteiger partial charge in [0.25, 0.3) is 0 Å². The zero-order chi connectivity index (χ0) is 11.1. The van der Waals surface area contributed by atoms with E-state index in [0.29, 0.717) is 0 Å². The van der Waals surface area contributed by atoms with Crippen molar-refractivity contribution in [3.63, 3.8) is 0 Å². The van der Waals surface area contributed by atoms with E-state index in [4.69, 9.17) is 0 Å². The fourth-order valence-corrected chi connectivity index (χ4v) is 1.08. The van der Waals surface area contributed by atoms with E-state index in [1.54, 1.807) is 0 Å². The predicted octanol–water partition coefficient (Wildman–Crippen LogP) is 3.41. The van der Waals surface area contributed by atoms with Gasteiger partial charge >= 0.3 is 0 Å². The van der Waals surface area contributed by atoms with Crippen molar-refractivity contribution in [2.45, 2.75) is 27.7 Å². The van der Waals surface area contributed by atoms with E-state index in [9.17, 15) is 0 Å². The standard InChI is InChI=1S/C13H23N/c1-7-12(5)9-13(11(3)4)10-14(6)8-2/h7,9H,1,8,10H2,2-6H3/b12-9-. The third-order valence-corrected chi connectivity index (χ3v) is 2.35. The average molecular weight is 193 g/mol. The van der Waals surface area contributed by atoms with Crippen LogP contribution >= 0.6 is 0 Å². The molecule has 0 saturated carbocycles. The second kappa shape index (κ2) is 6.61. The number of hydrogen-bond acceptors (Lipinski definition) is 1. The van der Waals surface area contributed by atoms with Gasteiger partial charge in [-0.25, -0.2) is 0 Å². The van der Waals surface area contributed by atoms with Crippen molar-refractivity contribution in [1.29, 1.82) is 0 Å². The highest BCUT2D eigenvalue weighted by atomic mass is 15.1. The van der Waals surface area contributed by atoms with Crippen LogP contribution in [0.15, 0.2) is 35.5 Å². The van der Waals surface area contributed by atoms with Crippen molar-refractivity contribution >= 4 is 0 Å². The molecule has 0 atom stereocenters. The molecule has 14 heavy (non-hydrogen) atoms. The molecule has 0 aromatic carbocycles. The summed E-state index contributed by atoms with van der Waals surface area (Å²) in [5.41, 5.74) is 4.00. The number of likely N-dealkylation sites (N-methyl/N-ethyl adjacent to an activating group) is 1. The van der Waals surface area contributed by atoms with Gasteiger partial charge in [0, 0.05) is 6.54 Å². The van der Waals surface area contributed by atoms with Gasteiger partial charge in [0.1, 0.15) is 0 Å². The lowest BCUT2D eigenvalue weighted by Crippen LogP contribution is -2.20. The molecule has 0 aliphatic carbocycles. The van der Waals surface area contributed by atoms with Crippen LogP contribution < -0.4 is 0 Å². The highest BCUT2D eigenvalue weighted by molar-refractivity contribution is 5.31. The molecule has 0 rings (SSSR count). The topological polar surface area (TPSA) is 3.24 Å². The Morgan fingerprint density at radius 2 is 1.86 bits per heavy atom. The van der Waals surface area contributed by atoms with Crippen LogP contribution in [0.2, 0.25) is 0 Å². The molecule has 0 aromatic heterocycles. The van der Waals surface area contributed by atoms with Crippen LogP contribution in [0.4, 0.5) is 0 Å². The summed E-state index contributed by atoms with van der Waals surface area (Å²) in [5.74, 6) is 0. The molecule has 0 amide bonds. The first-order valence-corrected chi connectivity index (χ1v) is 5.16. The lowest BCUT2D eigenvalue weighted by molar-refractivity contribution is 0.385. The van der Waals surface area contributed by atoms with Crippen LogP contribution in [0.1, 0.15) is 27.7 Å². The first-order valence-electron chi connectivity index (χ1n) is 5.16. The van der Waals surface area contributed by atoms with Crippen molar-refractivity contribution in [1.82, 2.24) is 4.90 Å². The summed E-state index contributed by atoms with van der Waals surface area (Å²) in [4.78, 5) is 2.30. The summed E-state index contributed by atoms with van der Waals surface area (Å²) in [7, 11) is 2.14. The molecule has 0 bridgehead atoms. The van der Waals surface area contributed by atoms with Crippen molar-refractivity contribution in [2.24, 2.45) is 0 Å². The van der Waals surface area contributed by atoms with Crippen molar-refractivity contribution in [3.8, 4) is 0 Å². The summed E-state index contributed by atoms with van der Waals surface area (Å²) in [5, 5.41) is 0. The average Bonchev–Trinajstić information content (AvgIpc) is 2.16. The molecule has 0 heterocycles. The Morgan fingerprint density at radius 3 is 2.21 bits per heavy atom. The van der Waals surface area contributed by atoms with Crippen LogP contribution in [-0.4, -0.2) is 25.0 Å². The summed E-state index contributed by atoms with van der Waals surface area (Å²) >= 11 is 0. The van der Waals surface area contributed by atoms with E-state index in [2.05, 4.69) is 52.3 Å². The number of hydrogen-bond donors (Lipinski definition) is 0. The SMILES string of the molecule is C=C/C(C)=C\C(CN(C)CC)=C(C)C. The number of allylic oxidation sites excluding steroid dienone is 3. The third-order valence-electron chi connectivity index (χ3n) is 2.35. The molecule has 0 aliphatic rings. The van der Waals surface area contributed by atoms with Gasteiger partial charge in [0.15, 0.2) is 0 Å². The number of rotatable bonds is 5. The van der Waals surface area contributed by atoms with Crippen LogP contribution in [0, 0.1) is 0 Å². The molecule has 0 radical (unpaired) electrons. The fourth-order valence-electron chi connectivity index (χ4n) is 1.08. The molecule has 0 unspecified atom stereocenters. The smallest absolute Gasteiger partial charge is 0.0230 e. The molecule has 0 N–H and O–H groups in total. The Kier molecular flexibility index (Phi) is 6.22. The van der Waals surface area contributed by atoms with Crippen LogP contribution in [0.3, 0.4) is 0 Å². The summed E-state index contributed by atoms with van der Waals surface area (Å²) in [6.07, 6.45) is 4.11. The molecule has 1 nitrogen and oxygen atoms in total. The zero-order valence-electron chi connectivity index (χ0n) is 10.2. The predicted molar refractivity (Wildman–Crippen MR) is 65.5 cm³/mol. The van der Waals surface area contributed by atoms with Gasteiger partial charge in [0.05, 0.1) is 0 Å². The fraction of sp³-hybridized carbons (Fsp3) is 0.538. The molecule has 80 valence electrons. The molecule has 0 saturated heterocycles. The minimum Gasteiger partial charge on any atom is -0.302 e. The van der Waals surface area contributed by atoms with E-state index in [-0.39, 0.29) is 0 Å². The van der Waals surface area contributed by atoms with Gasteiger partial charge in [-0.1, -0.05) is 36.8 Å². The van der Waals surface area contributed by atoms with Gasteiger partial charge in [-0.05, 0) is 39.9 Å². The summed E-state index contributed by atoms with van der Waals surface area (Å²) < 4.78 is 0. The summed E-state index contributed by atoms with van der Waals surface area (Å²) in [6, 6.07) is 0. The number of nitrogens with zero attached hydrogens (tertiary/aromatic N) is 1. The third kappa shape index (κ3) is 5.03. The molecular formula is C13H23N. The van der Waals surface area contributed by atoms with Crippen LogP contribution in [0.25, 0.3) is 0 Å². The molecule has 0 aromatic rings. The summed E-state index contributed by atoms with van der Waals surface area (Å²) in [6.45, 7) is 14.4. The van der Waals surface area contributed by atoms with Gasteiger partial charge in [-0.2, -0.15) is 0 Å². The van der Waals surface area contributed by atoms with Gasteiger partial charge < -0.3 is 4.90 Å². The maximum atomic E-state index is 3.77. The van der Waals surface area contributed by atoms with E-state index in [0.717, 1.165) is 13.1 Å². The monoisotopic (exact) mass is 193 g/mol. The van der Waals surface area contributed by atoms with Crippen molar-refractivity contribution < 1.29 is 0 Å². The van der Waals surface area contributed by atoms with Crippen molar-refractivity contribution in [2.75, 3.05) is 20.1 Å². The highest BCUT2D eigenvalue weighted by Crippen LogP contribution is 2.10. The van der Waals surface area contributed by atoms with E-state index in [1.165, 1.54) is 16.7 Å². The Balaban J connectivity index is 4.65. The molecular weight excluding hydrogens is 170 g/mol. The maximum absolute atomic E-state index is 3.77. The second-order valence-corrected chi connectivity index (χ2v) is 3.95. The minimum absolute atomic E-state index is 1.02. The van der Waals surface area contributed by atoms with E-state index in [1.807, 2.05) is 6.08 Å². The lowest BCUT2D eigenvalue weighted by Gasteiger charge is -2.16. The Bertz CT molecular complexity index is 242. The molecule has 0 spiro atoms. The zero-order valence-corrected chi connectivity index (χ0v) is 10.2. The van der Waals surface area contributed by atoms with Gasteiger partial charge in [-0.3, -0.25) is 0 Å². The first kappa shape index (κ1) is 13.2. The quantitative estimate of drug-likeness (QED) is 0.605. The van der Waals surface area contributed by atoms with E-state index >= 15 is 0 Å². The van der Waals surface area contributed by atoms with Crippen LogP contribution in [-0.2, 0) is 0 Å². The normalized spacial score (nSPS) is 11.7. The van der Waals surface area contributed by atoms with Gasteiger partial charge in [0.2, 0.25) is 0 Å². The second-order valence-electron chi connectivity index (χ2n) is 3.95. The molecule has 1 heteroatoms.